The van der Waals surface area contributed by atoms with Gasteiger partial charge in [0.1, 0.15) is 12.4 Å². The van der Waals surface area contributed by atoms with Crippen LogP contribution >= 0.6 is 23.2 Å². The van der Waals surface area contributed by atoms with Gasteiger partial charge in [-0.05, 0) is 50.3 Å². The average Bonchev–Trinajstić information content (AvgIpc) is 3.33. The number of aryl methyl sites for hydroxylation is 2. The summed E-state index contributed by atoms with van der Waals surface area (Å²) in [6.45, 7) is 4.74. The summed E-state index contributed by atoms with van der Waals surface area (Å²) in [5.41, 5.74) is 1.10. The van der Waals surface area contributed by atoms with Crippen molar-refractivity contribution in [2.75, 3.05) is 19.7 Å². The molecular weight excluding hydrogens is 411 g/mol. The van der Waals surface area contributed by atoms with Crippen molar-refractivity contribution in [3.63, 3.8) is 0 Å². The Kier molecular flexibility index (Phi) is 8.15. The van der Waals surface area contributed by atoms with Crippen molar-refractivity contribution in [1.29, 1.82) is 0 Å². The highest BCUT2D eigenvalue weighted by Gasteiger charge is 2.15. The van der Waals surface area contributed by atoms with Crippen LogP contribution in [0.4, 0.5) is 0 Å². The number of nitrogens with zero attached hydrogens (tertiary/aromatic N) is 4. The van der Waals surface area contributed by atoms with Crippen LogP contribution in [-0.2, 0) is 24.8 Å². The quantitative estimate of drug-likeness (QED) is 0.375. The first kappa shape index (κ1) is 21.9. The molecule has 1 atom stereocenters. The van der Waals surface area contributed by atoms with Crippen LogP contribution in [0.25, 0.3) is 0 Å². The molecule has 7 nitrogen and oxygen atoms in total. The minimum atomic E-state index is 0.243. The molecule has 0 radical (unpaired) electrons. The molecule has 0 saturated carbocycles. The second-order valence-corrected chi connectivity index (χ2v) is 8.01. The molecule has 29 heavy (non-hydrogen) atoms. The van der Waals surface area contributed by atoms with E-state index in [1.165, 1.54) is 0 Å². The molecule has 1 aliphatic rings. The van der Waals surface area contributed by atoms with Crippen molar-refractivity contribution in [3.8, 4) is 0 Å². The van der Waals surface area contributed by atoms with Crippen molar-refractivity contribution in [2.24, 2.45) is 12.0 Å². The topological polar surface area (TPSA) is 76.4 Å². The van der Waals surface area contributed by atoms with Gasteiger partial charge in [-0.25, -0.2) is 4.99 Å². The van der Waals surface area contributed by atoms with Crippen LogP contribution in [0, 0.1) is 6.92 Å². The Morgan fingerprint density at radius 3 is 2.86 bits per heavy atom. The summed E-state index contributed by atoms with van der Waals surface area (Å²) in [6.07, 6.45) is 4.23. The van der Waals surface area contributed by atoms with Gasteiger partial charge in [0, 0.05) is 36.8 Å². The standard InChI is InChI=1S/C20H28Cl2N6O/c1-14-26-27-19(28(14)2)13-25-20(24-12-17-6-4-10-29-17)23-9-3-5-15-7-8-16(21)11-18(15)22/h7-8,11,17H,3-6,9-10,12-13H2,1-2H3,(H2,23,24,25). The molecule has 1 unspecified atom stereocenters. The molecule has 1 aliphatic heterocycles. The van der Waals surface area contributed by atoms with Gasteiger partial charge >= 0.3 is 0 Å². The first-order valence-electron chi connectivity index (χ1n) is 9.95. The molecule has 1 aromatic carbocycles. The summed E-state index contributed by atoms with van der Waals surface area (Å²) in [4.78, 5) is 4.67. The van der Waals surface area contributed by atoms with Crippen LogP contribution in [-0.4, -0.2) is 46.5 Å². The summed E-state index contributed by atoms with van der Waals surface area (Å²) >= 11 is 12.2. The second kappa shape index (κ2) is 10.8. The van der Waals surface area contributed by atoms with E-state index in [9.17, 15) is 0 Å². The van der Waals surface area contributed by atoms with E-state index in [0.29, 0.717) is 16.6 Å². The highest BCUT2D eigenvalue weighted by molar-refractivity contribution is 6.35. The van der Waals surface area contributed by atoms with Gasteiger partial charge in [0.15, 0.2) is 11.8 Å². The summed E-state index contributed by atoms with van der Waals surface area (Å²) in [7, 11) is 1.95. The number of nitrogens with one attached hydrogen (secondary N) is 2. The van der Waals surface area contributed by atoms with Crippen molar-refractivity contribution >= 4 is 29.2 Å². The predicted octanol–water partition coefficient (Wildman–Crippen LogP) is 3.28. The summed E-state index contributed by atoms with van der Waals surface area (Å²) in [5.74, 6) is 2.45. The Balaban J connectivity index is 1.53. The van der Waals surface area contributed by atoms with E-state index in [1.807, 2.05) is 30.7 Å². The van der Waals surface area contributed by atoms with Gasteiger partial charge in [0.25, 0.3) is 0 Å². The number of benzene rings is 1. The van der Waals surface area contributed by atoms with Crippen LogP contribution in [0.1, 0.15) is 36.5 Å². The van der Waals surface area contributed by atoms with E-state index in [-0.39, 0.29) is 6.10 Å². The SMILES string of the molecule is Cc1nnc(CN=C(NCCCc2ccc(Cl)cc2Cl)NCC2CCCO2)n1C. The second-order valence-electron chi connectivity index (χ2n) is 7.17. The first-order chi connectivity index (χ1) is 14.0. The molecule has 0 bridgehead atoms. The Morgan fingerprint density at radius 2 is 2.17 bits per heavy atom. The Morgan fingerprint density at radius 1 is 1.31 bits per heavy atom. The number of hydrogen-bond donors (Lipinski definition) is 2. The van der Waals surface area contributed by atoms with Gasteiger partial charge in [-0.2, -0.15) is 0 Å². The Labute approximate surface area is 181 Å². The maximum absolute atomic E-state index is 6.26. The normalized spacial score (nSPS) is 17.0. The van der Waals surface area contributed by atoms with Crippen molar-refractivity contribution < 1.29 is 4.74 Å². The van der Waals surface area contributed by atoms with E-state index in [2.05, 4.69) is 25.8 Å². The van der Waals surface area contributed by atoms with Crippen molar-refractivity contribution in [1.82, 2.24) is 25.4 Å². The molecular formula is C20H28Cl2N6O. The predicted molar refractivity (Wildman–Crippen MR) is 117 cm³/mol. The van der Waals surface area contributed by atoms with Crippen LogP contribution in [0.5, 0.6) is 0 Å². The molecule has 0 spiro atoms. The first-order valence-corrected chi connectivity index (χ1v) is 10.7. The van der Waals surface area contributed by atoms with Crippen molar-refractivity contribution in [3.05, 3.63) is 45.5 Å². The van der Waals surface area contributed by atoms with Crippen LogP contribution in [0.2, 0.25) is 10.0 Å². The van der Waals surface area contributed by atoms with Gasteiger partial charge < -0.3 is 19.9 Å². The third kappa shape index (κ3) is 6.59. The molecule has 3 rings (SSSR count). The molecule has 2 N–H and O–H groups in total. The van der Waals surface area contributed by atoms with Gasteiger partial charge in [-0.15, -0.1) is 10.2 Å². The third-order valence-corrected chi connectivity index (χ3v) is 5.60. The summed E-state index contributed by atoms with van der Waals surface area (Å²) < 4.78 is 7.65. The molecule has 2 heterocycles. The number of aliphatic imine (C=N–C) groups is 1. The zero-order valence-corrected chi connectivity index (χ0v) is 18.4. The maximum Gasteiger partial charge on any atom is 0.191 e. The zero-order chi connectivity index (χ0) is 20.6. The van der Waals surface area contributed by atoms with Gasteiger partial charge in [-0.3, -0.25) is 0 Å². The number of guanidine groups is 1. The molecule has 158 valence electrons. The fraction of sp³-hybridized carbons (Fsp3) is 0.550. The van der Waals surface area contributed by atoms with Crippen LogP contribution in [0.15, 0.2) is 23.2 Å². The van der Waals surface area contributed by atoms with E-state index in [0.717, 1.165) is 68.6 Å². The molecule has 0 amide bonds. The molecule has 9 heteroatoms. The molecule has 0 aliphatic carbocycles. The van der Waals surface area contributed by atoms with E-state index in [1.54, 1.807) is 6.07 Å². The highest BCUT2D eigenvalue weighted by Crippen LogP contribution is 2.21. The summed E-state index contributed by atoms with van der Waals surface area (Å²) in [6, 6.07) is 5.63. The monoisotopic (exact) mass is 438 g/mol. The maximum atomic E-state index is 6.26. The van der Waals surface area contributed by atoms with E-state index in [4.69, 9.17) is 27.9 Å². The smallest absolute Gasteiger partial charge is 0.191 e. The average molecular weight is 439 g/mol. The number of rotatable bonds is 8. The van der Waals surface area contributed by atoms with E-state index >= 15 is 0 Å². The lowest BCUT2D eigenvalue weighted by Gasteiger charge is -2.16. The number of halogens is 2. The lowest BCUT2D eigenvalue weighted by molar-refractivity contribution is 0.114. The van der Waals surface area contributed by atoms with Gasteiger partial charge in [-0.1, -0.05) is 29.3 Å². The fourth-order valence-electron chi connectivity index (χ4n) is 3.14. The highest BCUT2D eigenvalue weighted by atomic mass is 35.5. The van der Waals surface area contributed by atoms with Crippen LogP contribution < -0.4 is 10.6 Å². The number of ether oxygens (including phenoxy) is 1. The lowest BCUT2D eigenvalue weighted by atomic mass is 10.1. The third-order valence-electron chi connectivity index (χ3n) is 5.01. The lowest BCUT2D eigenvalue weighted by Crippen LogP contribution is -2.41. The van der Waals surface area contributed by atoms with Gasteiger partial charge in [0.2, 0.25) is 0 Å². The molecule has 1 aromatic heterocycles. The number of hydrogen-bond acceptors (Lipinski definition) is 4. The minimum absolute atomic E-state index is 0.243. The van der Waals surface area contributed by atoms with Gasteiger partial charge in [0.05, 0.1) is 6.10 Å². The van der Waals surface area contributed by atoms with Crippen molar-refractivity contribution in [2.45, 2.75) is 45.3 Å². The molecule has 2 aromatic rings. The Bertz CT molecular complexity index is 832. The number of aromatic nitrogens is 3. The van der Waals surface area contributed by atoms with E-state index < -0.39 is 0 Å². The largest absolute Gasteiger partial charge is 0.376 e. The fourth-order valence-corrected chi connectivity index (χ4v) is 3.64. The zero-order valence-electron chi connectivity index (χ0n) is 16.9. The molecule has 1 fully saturated rings. The Hall–Kier alpha value is -1.83. The minimum Gasteiger partial charge on any atom is -0.376 e. The van der Waals surface area contributed by atoms with Crippen LogP contribution in [0.3, 0.4) is 0 Å². The molecule has 1 saturated heterocycles. The summed E-state index contributed by atoms with van der Waals surface area (Å²) in [5, 5.41) is 16.4.